The molecule has 0 atom stereocenters. The standard InChI is InChI=1S/C23H20ClN3O3/c24-19-12-11-18(29-19)21-20(22(25)30-27-21)23(28)26-14-13-17(15-7-3-1-4-8-15)16-9-5-2-6-10-16/h1-12,17H,13-14,25H2,(H,26,28). The molecule has 3 N–H and O–H groups in total. The van der Waals surface area contributed by atoms with Gasteiger partial charge in [-0.25, -0.2) is 0 Å². The van der Waals surface area contributed by atoms with E-state index in [2.05, 4.69) is 34.7 Å². The van der Waals surface area contributed by atoms with Gasteiger partial charge in [-0.3, -0.25) is 4.79 Å². The van der Waals surface area contributed by atoms with Crippen molar-refractivity contribution in [3.63, 3.8) is 0 Å². The number of hydrogen-bond acceptors (Lipinski definition) is 5. The second kappa shape index (κ2) is 8.88. The lowest BCUT2D eigenvalue weighted by atomic mass is 9.88. The number of amides is 1. The zero-order valence-corrected chi connectivity index (χ0v) is 16.8. The highest BCUT2D eigenvalue weighted by Crippen LogP contribution is 2.30. The summed E-state index contributed by atoms with van der Waals surface area (Å²) >= 11 is 5.83. The summed E-state index contributed by atoms with van der Waals surface area (Å²) in [4.78, 5) is 12.8. The van der Waals surface area contributed by atoms with Crippen LogP contribution in [0.25, 0.3) is 11.5 Å². The van der Waals surface area contributed by atoms with Crippen LogP contribution in [-0.2, 0) is 0 Å². The topological polar surface area (TPSA) is 94.3 Å². The van der Waals surface area contributed by atoms with Crippen LogP contribution in [0.2, 0.25) is 5.22 Å². The number of carbonyl (C=O) groups is 1. The summed E-state index contributed by atoms with van der Waals surface area (Å²) in [5.74, 6) is 0.0155. The molecule has 0 aliphatic rings. The summed E-state index contributed by atoms with van der Waals surface area (Å²) in [6, 6.07) is 23.6. The zero-order valence-electron chi connectivity index (χ0n) is 16.0. The van der Waals surface area contributed by atoms with Crippen molar-refractivity contribution in [2.24, 2.45) is 0 Å². The number of halogens is 1. The summed E-state index contributed by atoms with van der Waals surface area (Å²) in [6.45, 7) is 0.441. The Morgan fingerprint density at radius 3 is 2.20 bits per heavy atom. The molecule has 30 heavy (non-hydrogen) atoms. The number of carbonyl (C=O) groups excluding carboxylic acids is 1. The lowest BCUT2D eigenvalue weighted by molar-refractivity contribution is 0.0953. The van der Waals surface area contributed by atoms with E-state index in [1.807, 2.05) is 36.4 Å². The maximum atomic E-state index is 12.8. The predicted octanol–water partition coefficient (Wildman–Crippen LogP) is 5.12. The van der Waals surface area contributed by atoms with Crippen molar-refractivity contribution in [1.82, 2.24) is 10.5 Å². The lowest BCUT2D eigenvalue weighted by Crippen LogP contribution is -2.26. The third kappa shape index (κ3) is 4.23. The SMILES string of the molecule is Nc1onc(-c2ccc(Cl)o2)c1C(=O)NCCC(c1ccccc1)c1ccccc1. The number of rotatable bonds is 7. The molecule has 2 aromatic carbocycles. The Kier molecular flexibility index (Phi) is 5.86. The number of aromatic nitrogens is 1. The van der Waals surface area contributed by atoms with E-state index in [1.54, 1.807) is 12.1 Å². The minimum atomic E-state index is -0.379. The largest absolute Gasteiger partial charge is 0.443 e. The van der Waals surface area contributed by atoms with Gasteiger partial charge in [-0.1, -0.05) is 65.8 Å². The van der Waals surface area contributed by atoms with Gasteiger partial charge in [0.15, 0.2) is 16.7 Å². The fourth-order valence-corrected chi connectivity index (χ4v) is 3.59. The van der Waals surface area contributed by atoms with Gasteiger partial charge >= 0.3 is 0 Å². The van der Waals surface area contributed by atoms with Crippen LogP contribution in [0.5, 0.6) is 0 Å². The number of nitrogens with one attached hydrogen (secondary N) is 1. The number of nitrogen functional groups attached to an aromatic ring is 1. The van der Waals surface area contributed by atoms with E-state index in [4.69, 9.17) is 26.3 Å². The van der Waals surface area contributed by atoms with Gasteiger partial charge in [0.25, 0.3) is 5.91 Å². The summed E-state index contributed by atoms with van der Waals surface area (Å²) in [5.41, 5.74) is 8.57. The fraction of sp³-hybridized carbons (Fsp3) is 0.130. The first-order valence-corrected chi connectivity index (χ1v) is 9.90. The molecular formula is C23H20ClN3O3. The summed E-state index contributed by atoms with van der Waals surface area (Å²) in [6.07, 6.45) is 0.715. The maximum absolute atomic E-state index is 12.8. The first kappa shape index (κ1) is 19.8. The lowest BCUT2D eigenvalue weighted by Gasteiger charge is -2.18. The quantitative estimate of drug-likeness (QED) is 0.431. The molecule has 152 valence electrons. The van der Waals surface area contributed by atoms with Gasteiger partial charge in [-0.15, -0.1) is 0 Å². The van der Waals surface area contributed by atoms with Gasteiger partial charge < -0.3 is 20.0 Å². The van der Waals surface area contributed by atoms with Crippen molar-refractivity contribution in [1.29, 1.82) is 0 Å². The highest BCUT2D eigenvalue weighted by atomic mass is 35.5. The van der Waals surface area contributed by atoms with Crippen LogP contribution >= 0.6 is 11.6 Å². The molecule has 0 aliphatic heterocycles. The molecule has 0 aliphatic carbocycles. The van der Waals surface area contributed by atoms with Crippen LogP contribution in [0.15, 0.2) is 81.7 Å². The molecular weight excluding hydrogens is 402 g/mol. The third-order valence-corrected chi connectivity index (χ3v) is 5.08. The van der Waals surface area contributed by atoms with Crippen molar-refractivity contribution in [3.05, 3.63) is 94.7 Å². The molecule has 0 saturated carbocycles. The molecule has 1 amide bonds. The van der Waals surface area contributed by atoms with Gasteiger partial charge in [0.1, 0.15) is 5.56 Å². The molecule has 4 aromatic rings. The normalized spacial score (nSPS) is 11.0. The summed E-state index contributed by atoms with van der Waals surface area (Å²) in [7, 11) is 0. The molecule has 7 heteroatoms. The number of nitrogens with two attached hydrogens (primary N) is 1. The molecule has 0 spiro atoms. The van der Waals surface area contributed by atoms with E-state index < -0.39 is 0 Å². The van der Waals surface area contributed by atoms with E-state index in [1.165, 1.54) is 11.1 Å². The van der Waals surface area contributed by atoms with Gasteiger partial charge in [0, 0.05) is 12.5 Å². The van der Waals surface area contributed by atoms with Crippen molar-refractivity contribution in [2.45, 2.75) is 12.3 Å². The van der Waals surface area contributed by atoms with E-state index >= 15 is 0 Å². The van der Waals surface area contributed by atoms with Gasteiger partial charge in [0.05, 0.1) is 0 Å². The maximum Gasteiger partial charge on any atom is 0.259 e. The summed E-state index contributed by atoms with van der Waals surface area (Å²) < 4.78 is 10.3. The number of benzene rings is 2. The zero-order chi connectivity index (χ0) is 20.9. The van der Waals surface area contributed by atoms with Crippen LogP contribution in [0.1, 0.15) is 33.8 Å². The van der Waals surface area contributed by atoms with Crippen LogP contribution in [0.4, 0.5) is 5.88 Å². The van der Waals surface area contributed by atoms with Gasteiger partial charge in [-0.05, 0) is 41.3 Å². The Hall–Kier alpha value is -3.51. The Morgan fingerprint density at radius 2 is 1.63 bits per heavy atom. The molecule has 0 radical (unpaired) electrons. The number of hydrogen-bond donors (Lipinski definition) is 2. The second-order valence-corrected chi connectivity index (χ2v) is 7.17. The van der Waals surface area contributed by atoms with Crippen molar-refractivity contribution in [3.8, 4) is 11.5 Å². The minimum Gasteiger partial charge on any atom is -0.443 e. The fourth-order valence-electron chi connectivity index (χ4n) is 3.45. The molecule has 6 nitrogen and oxygen atoms in total. The monoisotopic (exact) mass is 421 g/mol. The smallest absolute Gasteiger partial charge is 0.259 e. The molecule has 0 fully saturated rings. The van der Waals surface area contributed by atoms with Crippen LogP contribution < -0.4 is 11.1 Å². The molecule has 2 aromatic heterocycles. The third-order valence-electron chi connectivity index (χ3n) is 4.87. The van der Waals surface area contributed by atoms with E-state index in [-0.39, 0.29) is 34.2 Å². The van der Waals surface area contributed by atoms with Gasteiger partial charge in [0.2, 0.25) is 5.88 Å². The average molecular weight is 422 g/mol. The molecule has 0 saturated heterocycles. The molecule has 0 unspecified atom stereocenters. The van der Waals surface area contributed by atoms with E-state index in [0.29, 0.717) is 18.7 Å². The first-order chi connectivity index (χ1) is 14.6. The Balaban J connectivity index is 1.49. The Labute approximate surface area is 178 Å². The molecule has 0 bridgehead atoms. The number of anilines is 1. The highest BCUT2D eigenvalue weighted by molar-refractivity contribution is 6.29. The van der Waals surface area contributed by atoms with Crippen LogP contribution in [0.3, 0.4) is 0 Å². The minimum absolute atomic E-state index is 0.0716. The molecule has 2 heterocycles. The van der Waals surface area contributed by atoms with Crippen molar-refractivity contribution < 1.29 is 13.7 Å². The van der Waals surface area contributed by atoms with Crippen molar-refractivity contribution in [2.75, 3.05) is 12.3 Å². The van der Waals surface area contributed by atoms with E-state index in [0.717, 1.165) is 0 Å². The Morgan fingerprint density at radius 1 is 1.00 bits per heavy atom. The highest BCUT2D eigenvalue weighted by Gasteiger charge is 2.25. The molecule has 4 rings (SSSR count). The number of furan rings is 1. The summed E-state index contributed by atoms with van der Waals surface area (Å²) in [5, 5.41) is 6.95. The second-order valence-electron chi connectivity index (χ2n) is 6.79. The van der Waals surface area contributed by atoms with Crippen LogP contribution in [-0.4, -0.2) is 17.6 Å². The van der Waals surface area contributed by atoms with Crippen LogP contribution in [0, 0.1) is 0 Å². The first-order valence-electron chi connectivity index (χ1n) is 9.52. The Bertz CT molecular complexity index is 1080. The average Bonchev–Trinajstić information content (AvgIpc) is 3.37. The van der Waals surface area contributed by atoms with Crippen molar-refractivity contribution >= 4 is 23.4 Å². The van der Waals surface area contributed by atoms with Gasteiger partial charge in [-0.2, -0.15) is 0 Å². The predicted molar refractivity (Wildman–Crippen MR) is 115 cm³/mol. The van der Waals surface area contributed by atoms with E-state index in [9.17, 15) is 4.79 Å². The number of nitrogens with zero attached hydrogens (tertiary/aromatic N) is 1.